The maximum absolute atomic E-state index is 13.1. The van der Waals surface area contributed by atoms with E-state index in [1.54, 1.807) is 0 Å². The normalized spacial score (nSPS) is 11.3. The maximum Gasteiger partial charge on any atom is 0.258 e. The van der Waals surface area contributed by atoms with Gasteiger partial charge in [0, 0.05) is 17.0 Å². The standard InChI is InChI=1S/C24H18ClN3OS/c25-20-13-11-18(12-14-20)16-22-27-28-24(30-22)26-23(29)21(19-9-5-2-6-10-19)15-17-7-3-1-4-8-17/h1-15H,16H2,(H,26,28,29). The van der Waals surface area contributed by atoms with Gasteiger partial charge in [0.05, 0.1) is 0 Å². The molecule has 0 unspecified atom stereocenters. The Morgan fingerprint density at radius 1 is 0.900 bits per heavy atom. The lowest BCUT2D eigenvalue weighted by atomic mass is 10.0. The summed E-state index contributed by atoms with van der Waals surface area (Å²) >= 11 is 7.30. The number of anilines is 1. The first-order valence-corrected chi connectivity index (χ1v) is 10.6. The van der Waals surface area contributed by atoms with Gasteiger partial charge in [-0.1, -0.05) is 95.7 Å². The van der Waals surface area contributed by atoms with Crippen molar-refractivity contribution < 1.29 is 4.79 Å². The molecule has 30 heavy (non-hydrogen) atoms. The minimum absolute atomic E-state index is 0.223. The van der Waals surface area contributed by atoms with Crippen molar-refractivity contribution >= 4 is 45.6 Å². The summed E-state index contributed by atoms with van der Waals surface area (Å²) in [4.78, 5) is 13.1. The summed E-state index contributed by atoms with van der Waals surface area (Å²) in [6, 6.07) is 27.0. The summed E-state index contributed by atoms with van der Waals surface area (Å²) in [6.07, 6.45) is 2.51. The molecule has 0 spiro atoms. The van der Waals surface area contributed by atoms with Crippen molar-refractivity contribution in [2.75, 3.05) is 5.32 Å². The molecule has 0 saturated heterocycles. The van der Waals surface area contributed by atoms with Crippen LogP contribution in [0.1, 0.15) is 21.7 Å². The Hall–Kier alpha value is -3.28. The Kier molecular flexibility index (Phi) is 6.32. The van der Waals surface area contributed by atoms with E-state index in [4.69, 9.17) is 11.6 Å². The molecule has 4 aromatic rings. The van der Waals surface area contributed by atoms with Gasteiger partial charge in [-0.15, -0.1) is 10.2 Å². The number of benzene rings is 3. The molecule has 148 valence electrons. The highest BCUT2D eigenvalue weighted by Gasteiger charge is 2.15. The van der Waals surface area contributed by atoms with Crippen molar-refractivity contribution in [3.63, 3.8) is 0 Å². The fourth-order valence-electron chi connectivity index (χ4n) is 2.93. The summed E-state index contributed by atoms with van der Waals surface area (Å²) in [5.74, 6) is -0.223. The average molecular weight is 432 g/mol. The van der Waals surface area contributed by atoms with Gasteiger partial charge in [-0.05, 0) is 34.9 Å². The van der Waals surface area contributed by atoms with Crippen LogP contribution in [0.2, 0.25) is 5.02 Å². The molecule has 0 atom stereocenters. The van der Waals surface area contributed by atoms with Crippen LogP contribution in [0.3, 0.4) is 0 Å². The van der Waals surface area contributed by atoms with Crippen LogP contribution in [-0.4, -0.2) is 16.1 Å². The molecule has 4 rings (SSSR count). The van der Waals surface area contributed by atoms with Gasteiger partial charge >= 0.3 is 0 Å². The minimum atomic E-state index is -0.223. The van der Waals surface area contributed by atoms with Gasteiger partial charge in [-0.3, -0.25) is 10.1 Å². The first-order chi connectivity index (χ1) is 14.7. The third-order valence-electron chi connectivity index (χ3n) is 4.40. The average Bonchev–Trinajstić information content (AvgIpc) is 3.21. The molecule has 4 nitrogen and oxygen atoms in total. The highest BCUT2D eigenvalue weighted by Crippen LogP contribution is 2.23. The molecule has 0 bridgehead atoms. The Labute approximate surface area is 183 Å². The lowest BCUT2D eigenvalue weighted by Gasteiger charge is -2.07. The van der Waals surface area contributed by atoms with E-state index in [9.17, 15) is 4.79 Å². The van der Waals surface area contributed by atoms with Crippen LogP contribution in [-0.2, 0) is 11.2 Å². The van der Waals surface area contributed by atoms with Gasteiger partial charge in [-0.25, -0.2) is 0 Å². The van der Waals surface area contributed by atoms with Crippen molar-refractivity contribution in [1.82, 2.24) is 10.2 Å². The number of hydrogen-bond acceptors (Lipinski definition) is 4. The molecule has 1 amide bonds. The molecule has 3 aromatic carbocycles. The number of halogens is 1. The van der Waals surface area contributed by atoms with Crippen molar-refractivity contribution in [2.45, 2.75) is 6.42 Å². The van der Waals surface area contributed by atoms with E-state index >= 15 is 0 Å². The third kappa shape index (κ3) is 5.20. The van der Waals surface area contributed by atoms with Gasteiger partial charge in [0.25, 0.3) is 5.91 Å². The van der Waals surface area contributed by atoms with Crippen molar-refractivity contribution in [3.8, 4) is 0 Å². The zero-order valence-electron chi connectivity index (χ0n) is 16.0. The number of rotatable bonds is 6. The van der Waals surface area contributed by atoms with E-state index in [0.29, 0.717) is 22.1 Å². The second-order valence-electron chi connectivity index (χ2n) is 6.59. The molecular formula is C24H18ClN3OS. The first kappa shape index (κ1) is 20.0. The fraction of sp³-hybridized carbons (Fsp3) is 0.0417. The number of carbonyl (C=O) groups is 1. The van der Waals surface area contributed by atoms with Crippen LogP contribution in [0.25, 0.3) is 11.6 Å². The Morgan fingerprint density at radius 3 is 2.27 bits per heavy atom. The monoisotopic (exact) mass is 431 g/mol. The summed E-state index contributed by atoms with van der Waals surface area (Å²) in [5, 5.41) is 13.2. The molecule has 0 fully saturated rings. The van der Waals surface area contributed by atoms with Crippen LogP contribution in [0, 0.1) is 0 Å². The Bertz CT molecular complexity index is 1160. The van der Waals surface area contributed by atoms with E-state index in [1.165, 1.54) is 11.3 Å². The highest BCUT2D eigenvalue weighted by molar-refractivity contribution is 7.15. The molecule has 0 aliphatic heterocycles. The van der Waals surface area contributed by atoms with E-state index in [-0.39, 0.29) is 5.91 Å². The van der Waals surface area contributed by atoms with E-state index in [0.717, 1.165) is 21.7 Å². The zero-order chi connectivity index (χ0) is 20.8. The molecule has 1 N–H and O–H groups in total. The third-order valence-corrected chi connectivity index (χ3v) is 5.49. The topological polar surface area (TPSA) is 54.9 Å². The Balaban J connectivity index is 1.54. The SMILES string of the molecule is O=C(Nc1nnc(Cc2ccc(Cl)cc2)s1)C(=Cc1ccccc1)c1ccccc1. The van der Waals surface area contributed by atoms with Crippen molar-refractivity contribution in [3.05, 3.63) is 112 Å². The highest BCUT2D eigenvalue weighted by atomic mass is 35.5. The van der Waals surface area contributed by atoms with E-state index in [1.807, 2.05) is 91.0 Å². The smallest absolute Gasteiger partial charge is 0.258 e. The predicted molar refractivity (Wildman–Crippen MR) is 124 cm³/mol. The van der Waals surface area contributed by atoms with Crippen LogP contribution in [0.4, 0.5) is 5.13 Å². The number of carbonyl (C=O) groups excluding carboxylic acids is 1. The van der Waals surface area contributed by atoms with Crippen molar-refractivity contribution in [1.29, 1.82) is 0 Å². The van der Waals surface area contributed by atoms with Gasteiger partial charge in [0.2, 0.25) is 5.13 Å². The molecular weight excluding hydrogens is 414 g/mol. The van der Waals surface area contributed by atoms with Crippen molar-refractivity contribution in [2.24, 2.45) is 0 Å². The predicted octanol–water partition coefficient (Wildman–Crippen LogP) is 5.96. The van der Waals surface area contributed by atoms with Gasteiger partial charge in [0.15, 0.2) is 0 Å². The molecule has 6 heteroatoms. The number of amides is 1. The molecule has 1 aromatic heterocycles. The lowest BCUT2D eigenvalue weighted by Crippen LogP contribution is -2.13. The van der Waals surface area contributed by atoms with Crippen LogP contribution in [0.15, 0.2) is 84.9 Å². The first-order valence-electron chi connectivity index (χ1n) is 9.38. The fourth-order valence-corrected chi connectivity index (χ4v) is 3.83. The van der Waals surface area contributed by atoms with E-state index in [2.05, 4.69) is 15.5 Å². The zero-order valence-corrected chi connectivity index (χ0v) is 17.5. The second kappa shape index (κ2) is 9.48. The second-order valence-corrected chi connectivity index (χ2v) is 8.09. The summed E-state index contributed by atoms with van der Waals surface area (Å²) in [5.41, 5.74) is 3.44. The van der Waals surface area contributed by atoms with Crippen LogP contribution >= 0.6 is 22.9 Å². The summed E-state index contributed by atoms with van der Waals surface area (Å²) in [7, 11) is 0. The minimum Gasteiger partial charge on any atom is -0.296 e. The van der Waals surface area contributed by atoms with E-state index < -0.39 is 0 Å². The van der Waals surface area contributed by atoms with Gasteiger partial charge in [-0.2, -0.15) is 0 Å². The molecule has 0 radical (unpaired) electrons. The summed E-state index contributed by atoms with van der Waals surface area (Å²) in [6.45, 7) is 0. The molecule has 1 heterocycles. The molecule has 0 aliphatic rings. The molecule has 0 saturated carbocycles. The number of nitrogens with zero attached hydrogens (tertiary/aromatic N) is 2. The quantitative estimate of drug-likeness (QED) is 0.302. The largest absolute Gasteiger partial charge is 0.296 e. The van der Waals surface area contributed by atoms with Gasteiger partial charge < -0.3 is 0 Å². The number of nitrogens with one attached hydrogen (secondary N) is 1. The van der Waals surface area contributed by atoms with Crippen LogP contribution < -0.4 is 5.32 Å². The summed E-state index contributed by atoms with van der Waals surface area (Å²) < 4.78 is 0. The molecule has 0 aliphatic carbocycles. The van der Waals surface area contributed by atoms with Gasteiger partial charge in [0.1, 0.15) is 5.01 Å². The number of hydrogen-bond donors (Lipinski definition) is 1. The lowest BCUT2D eigenvalue weighted by molar-refractivity contribution is -0.111. The number of aromatic nitrogens is 2. The Morgan fingerprint density at radius 2 is 1.57 bits per heavy atom. The van der Waals surface area contributed by atoms with Crippen LogP contribution in [0.5, 0.6) is 0 Å². The maximum atomic E-state index is 13.1.